The van der Waals surface area contributed by atoms with E-state index >= 15 is 0 Å². The molecule has 10 heteroatoms. The molecule has 1 spiro atoms. The van der Waals surface area contributed by atoms with Gasteiger partial charge in [0.1, 0.15) is 12.3 Å². The van der Waals surface area contributed by atoms with E-state index in [-0.39, 0.29) is 24.3 Å². The summed E-state index contributed by atoms with van der Waals surface area (Å²) in [6.07, 6.45) is 7.28. The molecule has 0 unspecified atom stereocenters. The molecule has 2 N–H and O–H groups in total. The summed E-state index contributed by atoms with van der Waals surface area (Å²) in [7, 11) is 0. The Morgan fingerprint density at radius 1 is 1.11 bits per heavy atom. The number of nitrogens with zero attached hydrogens (tertiary/aromatic N) is 3. The van der Waals surface area contributed by atoms with Crippen LogP contribution < -0.4 is 15.4 Å². The van der Waals surface area contributed by atoms with Gasteiger partial charge in [-0.25, -0.2) is 0 Å². The van der Waals surface area contributed by atoms with Crippen molar-refractivity contribution in [2.24, 2.45) is 5.41 Å². The molecule has 3 amide bonds. The maximum atomic E-state index is 13.3. The lowest BCUT2D eigenvalue weighted by Crippen LogP contribution is -2.51. The summed E-state index contributed by atoms with van der Waals surface area (Å²) < 4.78 is 7.44. The van der Waals surface area contributed by atoms with Gasteiger partial charge in [-0.05, 0) is 56.7 Å². The first kappa shape index (κ1) is 26.0. The lowest BCUT2D eigenvalue weighted by molar-refractivity contribution is -0.141. The number of likely N-dealkylation sites (tertiary alicyclic amines) is 1. The molecule has 1 saturated heterocycles. The molecule has 194 valence electrons. The monoisotopic (exact) mass is 515 g/mol. The van der Waals surface area contributed by atoms with Crippen molar-refractivity contribution in [3.8, 4) is 5.75 Å². The van der Waals surface area contributed by atoms with Crippen LogP contribution in [-0.2, 0) is 16.1 Å². The number of piperidine rings is 1. The van der Waals surface area contributed by atoms with Crippen LogP contribution in [0.15, 0.2) is 30.6 Å². The summed E-state index contributed by atoms with van der Waals surface area (Å²) in [5.41, 5.74) is 1.04. The van der Waals surface area contributed by atoms with E-state index in [4.69, 9.17) is 16.3 Å². The minimum atomic E-state index is -0.517. The van der Waals surface area contributed by atoms with Crippen molar-refractivity contribution in [2.75, 3.05) is 32.8 Å². The normalized spacial score (nSPS) is 19.3. The Bertz CT molecular complexity index is 1090. The summed E-state index contributed by atoms with van der Waals surface area (Å²) in [6.45, 7) is 4.57. The highest BCUT2D eigenvalue weighted by Crippen LogP contribution is 2.37. The molecule has 9 nitrogen and oxygen atoms in total. The maximum absolute atomic E-state index is 13.3. The van der Waals surface area contributed by atoms with Gasteiger partial charge in [0, 0.05) is 32.4 Å². The van der Waals surface area contributed by atoms with E-state index in [1.807, 2.05) is 19.1 Å². The first-order valence-electron chi connectivity index (χ1n) is 12.6. The Morgan fingerprint density at radius 3 is 2.64 bits per heavy atom. The van der Waals surface area contributed by atoms with Gasteiger partial charge in [0.25, 0.3) is 5.91 Å². The van der Waals surface area contributed by atoms with Crippen molar-refractivity contribution < 1.29 is 19.1 Å². The van der Waals surface area contributed by atoms with E-state index < -0.39 is 5.41 Å². The molecule has 1 aromatic carbocycles. The predicted molar refractivity (Wildman–Crippen MR) is 136 cm³/mol. The number of ether oxygens (including phenoxy) is 1. The van der Waals surface area contributed by atoms with Crippen LogP contribution in [0.5, 0.6) is 5.75 Å². The van der Waals surface area contributed by atoms with Gasteiger partial charge in [-0.1, -0.05) is 24.1 Å². The van der Waals surface area contributed by atoms with Crippen LogP contribution in [-0.4, -0.2) is 65.2 Å². The van der Waals surface area contributed by atoms with E-state index in [0.717, 1.165) is 24.8 Å². The van der Waals surface area contributed by atoms with Crippen molar-refractivity contribution in [3.63, 3.8) is 0 Å². The summed E-state index contributed by atoms with van der Waals surface area (Å²) in [5.74, 6) is 0.439. The second-order valence-corrected chi connectivity index (χ2v) is 10.1. The minimum Gasteiger partial charge on any atom is -0.493 e. The quantitative estimate of drug-likeness (QED) is 0.639. The maximum Gasteiger partial charge on any atom is 0.255 e. The van der Waals surface area contributed by atoms with Gasteiger partial charge < -0.3 is 20.3 Å². The van der Waals surface area contributed by atoms with Crippen molar-refractivity contribution in [2.45, 2.75) is 52.0 Å². The van der Waals surface area contributed by atoms with Crippen molar-refractivity contribution >= 4 is 29.3 Å². The third-order valence-electron chi connectivity index (χ3n) is 7.07. The smallest absolute Gasteiger partial charge is 0.255 e. The van der Waals surface area contributed by atoms with Gasteiger partial charge >= 0.3 is 0 Å². The highest BCUT2D eigenvalue weighted by molar-refractivity contribution is 6.30. The van der Waals surface area contributed by atoms with Gasteiger partial charge in [0.15, 0.2) is 0 Å². The Labute approximate surface area is 216 Å². The molecule has 2 aromatic rings. The van der Waals surface area contributed by atoms with E-state index in [0.29, 0.717) is 68.4 Å². The zero-order chi connectivity index (χ0) is 25.5. The fraction of sp³-hybridized carbons (Fsp3) is 0.538. The molecule has 4 rings (SSSR count). The number of amides is 3. The Morgan fingerprint density at radius 2 is 1.89 bits per heavy atom. The molecule has 36 heavy (non-hydrogen) atoms. The topological polar surface area (TPSA) is 106 Å². The summed E-state index contributed by atoms with van der Waals surface area (Å²) >= 11 is 5.90. The molecular weight excluding hydrogens is 482 g/mol. The highest BCUT2D eigenvalue weighted by atomic mass is 35.5. The average molecular weight is 516 g/mol. The van der Waals surface area contributed by atoms with Crippen molar-refractivity contribution in [3.05, 3.63) is 46.7 Å². The molecular formula is C26H34ClN5O4. The molecule has 0 radical (unpaired) electrons. The second-order valence-electron chi connectivity index (χ2n) is 9.69. The number of fused-ring (bicyclic) bond motifs is 1. The largest absolute Gasteiger partial charge is 0.493 e. The Hall–Kier alpha value is -3.07. The molecule has 1 fully saturated rings. The number of aromatic nitrogens is 2. The Balaban J connectivity index is 1.37. The number of benzene rings is 1. The number of carbonyl (C=O) groups excluding carboxylic acids is 3. The van der Waals surface area contributed by atoms with E-state index in [9.17, 15) is 14.4 Å². The predicted octanol–water partition coefficient (Wildman–Crippen LogP) is 2.95. The number of carbonyl (C=O) groups is 3. The third-order valence-corrected chi connectivity index (χ3v) is 7.26. The molecule has 0 aliphatic carbocycles. The van der Waals surface area contributed by atoms with Crippen LogP contribution in [0.1, 0.15) is 54.4 Å². The third kappa shape index (κ3) is 6.37. The van der Waals surface area contributed by atoms with Gasteiger partial charge in [-0.15, -0.1) is 0 Å². The van der Waals surface area contributed by atoms with E-state index in [1.165, 1.54) is 10.9 Å². The standard InChI is InChI=1S/C26H34ClN5O4/c1-19-5-6-21-22(15-19)36-14-4-11-29-25(35)26(7-2-3-10-28-24(21)34)8-12-31(13-9-26)23(33)18-32-17-20(27)16-30-32/h5-6,15-17H,2-4,7-14,18H2,1H3,(H,28,34)(H,29,35). The number of aryl methyl sites for hydroxylation is 1. The molecule has 2 aliphatic heterocycles. The number of rotatable bonds is 2. The molecule has 1 aromatic heterocycles. The van der Waals surface area contributed by atoms with Crippen LogP contribution in [0, 0.1) is 12.3 Å². The number of hydrogen-bond donors (Lipinski definition) is 2. The first-order chi connectivity index (χ1) is 17.4. The van der Waals surface area contributed by atoms with Gasteiger partial charge in [0.2, 0.25) is 11.8 Å². The van der Waals surface area contributed by atoms with Crippen LogP contribution >= 0.6 is 11.6 Å². The summed E-state index contributed by atoms with van der Waals surface area (Å²) in [6, 6.07) is 5.57. The van der Waals surface area contributed by atoms with E-state index in [2.05, 4.69) is 15.7 Å². The Kier molecular flexibility index (Phi) is 8.51. The molecule has 0 atom stereocenters. The second kappa shape index (κ2) is 11.8. The number of halogens is 1. The van der Waals surface area contributed by atoms with Crippen LogP contribution in [0.3, 0.4) is 0 Å². The van der Waals surface area contributed by atoms with E-state index in [1.54, 1.807) is 17.2 Å². The fourth-order valence-electron chi connectivity index (χ4n) is 4.90. The SMILES string of the molecule is Cc1ccc2c(c1)OCCCNC(=O)C1(CCCCNC2=O)CCN(C(=O)Cn2cc(Cl)cn2)CC1. The lowest BCUT2D eigenvalue weighted by Gasteiger charge is -2.41. The number of nitrogens with one attached hydrogen (secondary N) is 2. The molecule has 0 bridgehead atoms. The van der Waals surface area contributed by atoms with Crippen LogP contribution in [0.4, 0.5) is 0 Å². The minimum absolute atomic E-state index is 0.0307. The lowest BCUT2D eigenvalue weighted by atomic mass is 9.73. The molecule has 3 heterocycles. The zero-order valence-electron chi connectivity index (χ0n) is 20.7. The van der Waals surface area contributed by atoms with Crippen LogP contribution in [0.2, 0.25) is 5.02 Å². The van der Waals surface area contributed by atoms with Crippen molar-refractivity contribution in [1.29, 1.82) is 0 Å². The van der Waals surface area contributed by atoms with Gasteiger partial charge in [0.05, 0.1) is 28.8 Å². The average Bonchev–Trinajstić information content (AvgIpc) is 3.27. The summed E-state index contributed by atoms with van der Waals surface area (Å²) in [4.78, 5) is 40.6. The molecule has 2 aliphatic rings. The zero-order valence-corrected chi connectivity index (χ0v) is 21.5. The van der Waals surface area contributed by atoms with Crippen molar-refractivity contribution in [1.82, 2.24) is 25.3 Å². The first-order valence-corrected chi connectivity index (χ1v) is 13.0. The fourth-order valence-corrected chi connectivity index (χ4v) is 5.06. The highest BCUT2D eigenvalue weighted by Gasteiger charge is 2.41. The van der Waals surface area contributed by atoms with Gasteiger partial charge in [-0.2, -0.15) is 5.10 Å². The molecule has 0 saturated carbocycles. The van der Waals surface area contributed by atoms with Gasteiger partial charge in [-0.3, -0.25) is 19.1 Å². The van der Waals surface area contributed by atoms with Crippen LogP contribution in [0.25, 0.3) is 0 Å². The summed E-state index contributed by atoms with van der Waals surface area (Å²) in [5, 5.41) is 10.7. The number of hydrogen-bond acceptors (Lipinski definition) is 5.